The Bertz CT molecular complexity index is 581. The zero-order valence-corrected chi connectivity index (χ0v) is 12.5. The molecule has 0 saturated heterocycles. The normalized spacial score (nSPS) is 11.7. The van der Waals surface area contributed by atoms with Gasteiger partial charge in [-0.05, 0) is 36.6 Å². The number of hydrogen-bond donors (Lipinski definition) is 1. The maximum absolute atomic E-state index is 12.4. The molecule has 0 fully saturated rings. The number of para-hydroxylation sites is 2. The molecular formula is C18H21NO2. The van der Waals surface area contributed by atoms with E-state index < -0.39 is 6.10 Å². The van der Waals surface area contributed by atoms with Gasteiger partial charge in [0.2, 0.25) is 0 Å². The quantitative estimate of drug-likeness (QED) is 0.868. The molecule has 2 aromatic rings. The van der Waals surface area contributed by atoms with Crippen LogP contribution in [0.5, 0.6) is 5.75 Å². The summed E-state index contributed by atoms with van der Waals surface area (Å²) < 4.78 is 5.76. The lowest BCUT2D eigenvalue weighted by atomic mass is 10.1. The van der Waals surface area contributed by atoms with Crippen LogP contribution in [0.25, 0.3) is 0 Å². The molecule has 0 aliphatic heterocycles. The molecule has 0 spiro atoms. The number of nitrogens with one attached hydrogen (secondary N) is 1. The van der Waals surface area contributed by atoms with E-state index in [1.807, 2.05) is 61.5 Å². The van der Waals surface area contributed by atoms with Crippen molar-refractivity contribution in [2.75, 3.05) is 5.32 Å². The Hall–Kier alpha value is -2.29. The lowest BCUT2D eigenvalue weighted by Gasteiger charge is -2.18. The lowest BCUT2D eigenvalue weighted by Crippen LogP contribution is -2.32. The van der Waals surface area contributed by atoms with Gasteiger partial charge in [0.1, 0.15) is 5.75 Å². The highest BCUT2D eigenvalue weighted by atomic mass is 16.5. The number of aryl methyl sites for hydroxylation is 1. The molecule has 110 valence electrons. The molecule has 1 amide bonds. The van der Waals surface area contributed by atoms with Crippen molar-refractivity contribution in [2.24, 2.45) is 0 Å². The lowest BCUT2D eigenvalue weighted by molar-refractivity contribution is -0.122. The van der Waals surface area contributed by atoms with Crippen molar-refractivity contribution < 1.29 is 9.53 Å². The molecule has 0 unspecified atom stereocenters. The molecule has 2 aromatic carbocycles. The average Bonchev–Trinajstić information content (AvgIpc) is 2.54. The van der Waals surface area contributed by atoms with Gasteiger partial charge in [-0.25, -0.2) is 0 Å². The van der Waals surface area contributed by atoms with Crippen molar-refractivity contribution in [3.05, 3.63) is 60.2 Å². The molecule has 0 saturated carbocycles. The third kappa shape index (κ3) is 4.09. The summed E-state index contributed by atoms with van der Waals surface area (Å²) in [6, 6.07) is 17.3. The Morgan fingerprint density at radius 3 is 2.38 bits per heavy atom. The summed E-state index contributed by atoms with van der Waals surface area (Å²) >= 11 is 0. The van der Waals surface area contributed by atoms with Gasteiger partial charge in [-0.2, -0.15) is 0 Å². The summed E-state index contributed by atoms with van der Waals surface area (Å²) in [6.07, 6.45) is 1.01. The van der Waals surface area contributed by atoms with E-state index in [2.05, 4.69) is 12.2 Å². The minimum absolute atomic E-state index is 0.109. The Morgan fingerprint density at radius 1 is 1.05 bits per heavy atom. The summed E-state index contributed by atoms with van der Waals surface area (Å²) in [6.45, 7) is 4.02. The summed E-state index contributed by atoms with van der Waals surface area (Å²) in [5, 5.41) is 2.97. The Kier molecular flexibility index (Phi) is 5.38. The molecule has 0 aliphatic rings. The Labute approximate surface area is 126 Å². The zero-order valence-electron chi connectivity index (χ0n) is 12.5. The Morgan fingerprint density at radius 2 is 1.71 bits per heavy atom. The summed E-state index contributed by atoms with van der Waals surface area (Å²) in [5.74, 6) is 0.602. The number of carbonyl (C=O) groups is 1. The molecule has 3 nitrogen and oxygen atoms in total. The summed E-state index contributed by atoms with van der Waals surface area (Å²) in [5.41, 5.74) is 1.99. The van der Waals surface area contributed by atoms with Gasteiger partial charge in [-0.3, -0.25) is 4.79 Å². The van der Waals surface area contributed by atoms with Gasteiger partial charge >= 0.3 is 0 Å². The van der Waals surface area contributed by atoms with Crippen LogP contribution < -0.4 is 10.1 Å². The smallest absolute Gasteiger partial charge is 0.265 e. The third-order valence-corrected chi connectivity index (χ3v) is 3.34. The maximum Gasteiger partial charge on any atom is 0.265 e. The van der Waals surface area contributed by atoms with Crippen LogP contribution in [0.1, 0.15) is 25.8 Å². The van der Waals surface area contributed by atoms with Crippen LogP contribution in [-0.4, -0.2) is 12.0 Å². The van der Waals surface area contributed by atoms with E-state index >= 15 is 0 Å². The molecule has 1 N–H and O–H groups in total. The van der Waals surface area contributed by atoms with Crippen molar-refractivity contribution in [2.45, 2.75) is 32.8 Å². The van der Waals surface area contributed by atoms with Crippen molar-refractivity contribution >= 4 is 11.6 Å². The fraction of sp³-hybridized carbons (Fsp3) is 0.278. The van der Waals surface area contributed by atoms with Crippen LogP contribution >= 0.6 is 0 Å². The molecule has 1 atom stereocenters. The van der Waals surface area contributed by atoms with Crippen LogP contribution in [0.3, 0.4) is 0 Å². The summed E-state index contributed by atoms with van der Waals surface area (Å²) in [4.78, 5) is 12.4. The first-order valence-corrected chi connectivity index (χ1v) is 7.35. The van der Waals surface area contributed by atoms with Gasteiger partial charge < -0.3 is 10.1 Å². The Balaban J connectivity index is 2.06. The number of amides is 1. The van der Waals surface area contributed by atoms with E-state index in [0.717, 1.165) is 17.7 Å². The highest BCUT2D eigenvalue weighted by Crippen LogP contribution is 2.18. The van der Waals surface area contributed by atoms with Gasteiger partial charge in [0, 0.05) is 5.69 Å². The van der Waals surface area contributed by atoms with Gasteiger partial charge in [-0.15, -0.1) is 0 Å². The van der Waals surface area contributed by atoms with Crippen molar-refractivity contribution in [1.82, 2.24) is 0 Å². The highest BCUT2D eigenvalue weighted by molar-refractivity contribution is 5.95. The van der Waals surface area contributed by atoms with Gasteiger partial charge in [-0.1, -0.05) is 50.2 Å². The minimum atomic E-state index is -0.489. The van der Waals surface area contributed by atoms with Crippen molar-refractivity contribution in [1.29, 1.82) is 0 Å². The largest absolute Gasteiger partial charge is 0.481 e. The summed E-state index contributed by atoms with van der Waals surface area (Å²) in [7, 11) is 0. The van der Waals surface area contributed by atoms with E-state index in [1.165, 1.54) is 0 Å². The first-order valence-electron chi connectivity index (χ1n) is 7.35. The second-order valence-corrected chi connectivity index (χ2v) is 4.83. The second kappa shape index (κ2) is 7.48. The first-order chi connectivity index (χ1) is 10.2. The van der Waals surface area contributed by atoms with Crippen LogP contribution in [0.2, 0.25) is 0 Å². The van der Waals surface area contributed by atoms with Crippen LogP contribution in [0.15, 0.2) is 54.6 Å². The minimum Gasteiger partial charge on any atom is -0.481 e. The topological polar surface area (TPSA) is 38.3 Å². The molecular weight excluding hydrogens is 262 g/mol. The maximum atomic E-state index is 12.4. The molecule has 21 heavy (non-hydrogen) atoms. The number of carbonyl (C=O) groups excluding carboxylic acids is 1. The number of hydrogen-bond acceptors (Lipinski definition) is 2. The predicted molar refractivity (Wildman–Crippen MR) is 85.6 cm³/mol. The first kappa shape index (κ1) is 15.1. The number of rotatable bonds is 6. The molecule has 3 heteroatoms. The van der Waals surface area contributed by atoms with E-state index in [-0.39, 0.29) is 5.91 Å². The molecule has 2 rings (SSSR count). The fourth-order valence-electron chi connectivity index (χ4n) is 2.15. The SMILES string of the molecule is CCc1ccccc1NC(=O)[C@H](CC)Oc1ccccc1. The van der Waals surface area contributed by atoms with E-state index in [1.54, 1.807) is 0 Å². The number of ether oxygens (including phenoxy) is 1. The standard InChI is InChI=1S/C18H21NO2/c1-3-14-10-8-9-13-16(14)19-18(20)17(4-2)21-15-11-6-5-7-12-15/h5-13,17H,3-4H2,1-2H3,(H,19,20)/t17-/m0/s1. The van der Waals surface area contributed by atoms with Crippen molar-refractivity contribution in [3.8, 4) is 5.75 Å². The molecule has 0 aromatic heterocycles. The van der Waals surface area contributed by atoms with Gasteiger partial charge in [0.25, 0.3) is 5.91 Å². The van der Waals surface area contributed by atoms with Crippen LogP contribution in [0.4, 0.5) is 5.69 Å². The van der Waals surface area contributed by atoms with Crippen molar-refractivity contribution in [3.63, 3.8) is 0 Å². The van der Waals surface area contributed by atoms with Crippen LogP contribution in [0, 0.1) is 0 Å². The van der Waals surface area contributed by atoms with E-state index in [0.29, 0.717) is 12.2 Å². The van der Waals surface area contributed by atoms with E-state index in [9.17, 15) is 4.79 Å². The van der Waals surface area contributed by atoms with Gasteiger partial charge in [0.15, 0.2) is 6.10 Å². The number of anilines is 1. The highest BCUT2D eigenvalue weighted by Gasteiger charge is 2.19. The molecule has 0 radical (unpaired) electrons. The van der Waals surface area contributed by atoms with Gasteiger partial charge in [0.05, 0.1) is 0 Å². The third-order valence-electron chi connectivity index (χ3n) is 3.34. The molecule has 0 bridgehead atoms. The zero-order chi connectivity index (χ0) is 15.1. The number of benzene rings is 2. The fourth-order valence-corrected chi connectivity index (χ4v) is 2.15. The molecule has 0 aliphatic carbocycles. The van der Waals surface area contributed by atoms with Crippen LogP contribution in [-0.2, 0) is 11.2 Å². The van der Waals surface area contributed by atoms with E-state index in [4.69, 9.17) is 4.74 Å². The monoisotopic (exact) mass is 283 g/mol. The second-order valence-electron chi connectivity index (χ2n) is 4.83. The average molecular weight is 283 g/mol. The predicted octanol–water partition coefficient (Wildman–Crippen LogP) is 4.05. The molecule has 0 heterocycles.